The monoisotopic (exact) mass is 595 g/mol. The summed E-state index contributed by atoms with van der Waals surface area (Å²) in [6.45, 7) is 5.11. The second kappa shape index (κ2) is 13.5. The van der Waals surface area contributed by atoms with Gasteiger partial charge in [-0.15, -0.1) is 0 Å². The Morgan fingerprint density at radius 3 is 2.32 bits per heavy atom. The van der Waals surface area contributed by atoms with Gasteiger partial charge in [0.05, 0.1) is 10.6 Å². The van der Waals surface area contributed by atoms with Crippen LogP contribution >= 0.6 is 11.6 Å². The number of amides is 2. The number of rotatable bonds is 10. The second-order valence-electron chi connectivity index (χ2n) is 10.8. The highest BCUT2D eigenvalue weighted by Gasteiger charge is 2.33. The van der Waals surface area contributed by atoms with Gasteiger partial charge in [0, 0.05) is 17.6 Å². The number of anilines is 1. The van der Waals surface area contributed by atoms with E-state index in [0.717, 1.165) is 47.5 Å². The molecule has 3 aromatic carbocycles. The van der Waals surface area contributed by atoms with E-state index in [4.69, 9.17) is 11.6 Å². The summed E-state index contributed by atoms with van der Waals surface area (Å²) < 4.78 is 29.0. The summed E-state index contributed by atoms with van der Waals surface area (Å²) in [6, 6.07) is 19.9. The molecule has 218 valence electrons. The molecule has 1 unspecified atom stereocenters. The van der Waals surface area contributed by atoms with Crippen molar-refractivity contribution in [3.8, 4) is 0 Å². The highest BCUT2D eigenvalue weighted by atomic mass is 35.5. The van der Waals surface area contributed by atoms with Crippen LogP contribution in [0.25, 0.3) is 0 Å². The third-order valence-electron chi connectivity index (χ3n) is 7.59. The number of aryl methyl sites for hydroxylation is 2. The van der Waals surface area contributed by atoms with Gasteiger partial charge in [-0.25, -0.2) is 8.42 Å². The van der Waals surface area contributed by atoms with Gasteiger partial charge in [0.15, 0.2) is 0 Å². The summed E-state index contributed by atoms with van der Waals surface area (Å²) in [5.41, 5.74) is 2.84. The Balaban J connectivity index is 1.69. The smallest absolute Gasteiger partial charge is 0.264 e. The Morgan fingerprint density at radius 2 is 1.66 bits per heavy atom. The van der Waals surface area contributed by atoms with Crippen LogP contribution in [0.1, 0.15) is 55.7 Å². The van der Waals surface area contributed by atoms with Crippen molar-refractivity contribution in [2.24, 2.45) is 0 Å². The lowest BCUT2D eigenvalue weighted by atomic mass is 9.95. The van der Waals surface area contributed by atoms with Crippen molar-refractivity contribution < 1.29 is 18.0 Å². The first-order valence-electron chi connectivity index (χ1n) is 14.1. The summed E-state index contributed by atoms with van der Waals surface area (Å²) in [5.74, 6) is -0.718. The van der Waals surface area contributed by atoms with Crippen LogP contribution in [0.2, 0.25) is 5.02 Å². The maximum atomic E-state index is 14.1. The molecule has 0 bridgehead atoms. The Kier molecular flexibility index (Phi) is 10.1. The van der Waals surface area contributed by atoms with E-state index in [1.165, 1.54) is 17.0 Å². The van der Waals surface area contributed by atoms with Gasteiger partial charge in [-0.1, -0.05) is 78.9 Å². The number of nitrogens with one attached hydrogen (secondary N) is 1. The molecule has 0 saturated heterocycles. The van der Waals surface area contributed by atoms with Crippen molar-refractivity contribution in [1.29, 1.82) is 0 Å². The molecule has 1 N–H and O–H groups in total. The topological polar surface area (TPSA) is 86.8 Å². The molecule has 2 amide bonds. The molecule has 0 radical (unpaired) electrons. The van der Waals surface area contributed by atoms with Gasteiger partial charge in [-0.3, -0.25) is 13.9 Å². The van der Waals surface area contributed by atoms with Gasteiger partial charge in [0.25, 0.3) is 10.0 Å². The van der Waals surface area contributed by atoms with E-state index in [1.54, 1.807) is 50.2 Å². The molecule has 9 heteroatoms. The van der Waals surface area contributed by atoms with Crippen molar-refractivity contribution in [1.82, 2.24) is 10.2 Å². The fraction of sp³-hybridized carbons (Fsp3) is 0.375. The maximum Gasteiger partial charge on any atom is 0.264 e. The van der Waals surface area contributed by atoms with Crippen LogP contribution in [0.3, 0.4) is 0 Å². The maximum absolute atomic E-state index is 14.1. The van der Waals surface area contributed by atoms with Crippen molar-refractivity contribution in [3.05, 3.63) is 94.5 Å². The molecule has 4 rings (SSSR count). The Labute approximate surface area is 248 Å². The van der Waals surface area contributed by atoms with Crippen LogP contribution < -0.4 is 9.62 Å². The lowest BCUT2D eigenvalue weighted by molar-refractivity contribution is -0.139. The molecule has 41 heavy (non-hydrogen) atoms. The van der Waals surface area contributed by atoms with Crippen LogP contribution in [0.4, 0.5) is 5.69 Å². The highest BCUT2D eigenvalue weighted by Crippen LogP contribution is 2.29. The summed E-state index contributed by atoms with van der Waals surface area (Å²) in [7, 11) is -4.12. The number of carbonyl (C=O) groups excluding carboxylic acids is 2. The molecule has 3 aromatic rings. The predicted octanol–water partition coefficient (Wildman–Crippen LogP) is 6.02. The number of halogens is 1. The summed E-state index contributed by atoms with van der Waals surface area (Å²) >= 11 is 6.18. The van der Waals surface area contributed by atoms with Crippen LogP contribution in [0.15, 0.2) is 77.7 Å². The van der Waals surface area contributed by atoms with Crippen molar-refractivity contribution in [2.45, 2.75) is 76.4 Å². The first-order chi connectivity index (χ1) is 19.6. The average Bonchev–Trinajstić information content (AvgIpc) is 2.95. The van der Waals surface area contributed by atoms with Gasteiger partial charge >= 0.3 is 0 Å². The third kappa shape index (κ3) is 7.68. The lowest BCUT2D eigenvalue weighted by Crippen LogP contribution is -2.53. The van der Waals surface area contributed by atoms with E-state index < -0.39 is 28.5 Å². The molecule has 1 aliphatic carbocycles. The van der Waals surface area contributed by atoms with Crippen LogP contribution in [0, 0.1) is 13.8 Å². The Morgan fingerprint density at radius 1 is 0.951 bits per heavy atom. The van der Waals surface area contributed by atoms with Gasteiger partial charge in [0.1, 0.15) is 12.6 Å². The zero-order valence-electron chi connectivity index (χ0n) is 23.8. The van der Waals surface area contributed by atoms with Crippen molar-refractivity contribution in [2.75, 3.05) is 10.8 Å². The quantitative estimate of drug-likeness (QED) is 0.311. The zero-order valence-corrected chi connectivity index (χ0v) is 25.4. The number of hydrogen-bond acceptors (Lipinski definition) is 4. The number of benzene rings is 3. The fourth-order valence-electron chi connectivity index (χ4n) is 5.29. The molecule has 1 fully saturated rings. The van der Waals surface area contributed by atoms with E-state index in [0.29, 0.717) is 16.3 Å². The largest absolute Gasteiger partial charge is 0.352 e. The second-order valence-corrected chi connectivity index (χ2v) is 13.1. The van der Waals surface area contributed by atoms with E-state index in [-0.39, 0.29) is 23.4 Å². The molecular weight excluding hydrogens is 558 g/mol. The average molecular weight is 596 g/mol. The predicted molar refractivity (Wildman–Crippen MR) is 163 cm³/mol. The van der Waals surface area contributed by atoms with E-state index >= 15 is 0 Å². The van der Waals surface area contributed by atoms with E-state index in [1.807, 2.05) is 31.2 Å². The Hall–Kier alpha value is -3.36. The number of sulfonamides is 1. The van der Waals surface area contributed by atoms with Gasteiger partial charge in [-0.2, -0.15) is 0 Å². The van der Waals surface area contributed by atoms with Gasteiger partial charge in [0.2, 0.25) is 11.8 Å². The summed E-state index contributed by atoms with van der Waals surface area (Å²) in [6.07, 6.45) is 5.14. The van der Waals surface area contributed by atoms with E-state index in [2.05, 4.69) is 5.32 Å². The molecule has 0 aliphatic heterocycles. The number of carbonyl (C=O) groups is 2. The molecule has 7 nitrogen and oxygen atoms in total. The number of hydrogen-bond donors (Lipinski definition) is 1. The standard InChI is InChI=1S/C32H38ClN3O4S/c1-23-11-10-12-26(19-23)21-35(25(3)32(38)34-28-13-6-4-7-14-28)31(37)22-36(30-18-17-27(33)20-24(30)2)41(39,40)29-15-8-5-9-16-29/h5,8-12,15-20,25,28H,4,6-7,13-14,21-22H2,1-3H3,(H,34,38). The van der Waals surface area contributed by atoms with E-state index in [9.17, 15) is 18.0 Å². The van der Waals surface area contributed by atoms with Crippen LogP contribution in [-0.2, 0) is 26.2 Å². The van der Waals surface area contributed by atoms with Crippen molar-refractivity contribution in [3.63, 3.8) is 0 Å². The first kappa shape index (κ1) is 30.6. The third-order valence-corrected chi connectivity index (χ3v) is 9.60. The first-order valence-corrected chi connectivity index (χ1v) is 15.9. The SMILES string of the molecule is Cc1cccc(CN(C(=O)CN(c2ccc(Cl)cc2C)S(=O)(=O)c2ccccc2)C(C)C(=O)NC2CCCCC2)c1. The molecule has 1 saturated carbocycles. The number of nitrogens with zero attached hydrogens (tertiary/aromatic N) is 2. The Bertz CT molecular complexity index is 1470. The summed E-state index contributed by atoms with van der Waals surface area (Å²) in [5, 5.41) is 3.59. The van der Waals surface area contributed by atoms with Crippen molar-refractivity contribution >= 4 is 39.1 Å². The lowest BCUT2D eigenvalue weighted by Gasteiger charge is -2.33. The van der Waals surface area contributed by atoms with Gasteiger partial charge < -0.3 is 10.2 Å². The molecule has 0 spiro atoms. The zero-order chi connectivity index (χ0) is 29.6. The highest BCUT2D eigenvalue weighted by molar-refractivity contribution is 7.92. The molecule has 1 aliphatic rings. The minimum absolute atomic E-state index is 0.0653. The molecular formula is C32H38ClN3O4S. The molecule has 0 aromatic heterocycles. The molecule has 0 heterocycles. The van der Waals surface area contributed by atoms with Crippen LogP contribution in [-0.4, -0.2) is 43.8 Å². The molecule has 1 atom stereocenters. The summed E-state index contributed by atoms with van der Waals surface area (Å²) in [4.78, 5) is 29.1. The van der Waals surface area contributed by atoms with Crippen LogP contribution in [0.5, 0.6) is 0 Å². The normalized spacial score (nSPS) is 14.7. The fourth-order valence-corrected chi connectivity index (χ4v) is 7.02. The minimum Gasteiger partial charge on any atom is -0.352 e. The minimum atomic E-state index is -4.12. The van der Waals surface area contributed by atoms with Gasteiger partial charge in [-0.05, 0) is 75.1 Å².